The van der Waals surface area contributed by atoms with Crippen LogP contribution in [0.3, 0.4) is 0 Å². The predicted octanol–water partition coefficient (Wildman–Crippen LogP) is 3.61. The van der Waals surface area contributed by atoms with E-state index in [1.807, 2.05) is 0 Å². The lowest BCUT2D eigenvalue weighted by molar-refractivity contribution is -0.140. The molecule has 0 aliphatic rings. The van der Waals surface area contributed by atoms with Crippen molar-refractivity contribution in [2.24, 2.45) is 0 Å². The van der Waals surface area contributed by atoms with E-state index in [-0.39, 0.29) is 10.9 Å². The Balaban J connectivity index is 2.14. The van der Waals surface area contributed by atoms with Crippen LogP contribution in [0.5, 0.6) is 5.75 Å². The van der Waals surface area contributed by atoms with Crippen molar-refractivity contribution in [1.82, 2.24) is 4.98 Å². The molecule has 2 rings (SSSR count). The number of rotatable bonds is 2. The highest BCUT2D eigenvalue weighted by atomic mass is 32.1. The van der Waals surface area contributed by atoms with Gasteiger partial charge in [0.15, 0.2) is 10.8 Å². The summed E-state index contributed by atoms with van der Waals surface area (Å²) in [5, 5.41) is 12.9. The maximum atomic E-state index is 12.3. The minimum atomic E-state index is -4.43. The minimum absolute atomic E-state index is 0.0886. The summed E-state index contributed by atoms with van der Waals surface area (Å²) in [5.41, 5.74) is -0.352. The van der Waals surface area contributed by atoms with Gasteiger partial charge in [-0.05, 0) is 24.3 Å². The third-order valence-corrected chi connectivity index (χ3v) is 2.67. The zero-order valence-electron chi connectivity index (χ0n) is 8.32. The Hall–Kier alpha value is -1.76. The third kappa shape index (κ3) is 2.88. The van der Waals surface area contributed by atoms with E-state index >= 15 is 0 Å². The van der Waals surface area contributed by atoms with Crippen LogP contribution in [0.4, 0.5) is 24.0 Å². The first-order valence-electron chi connectivity index (χ1n) is 4.54. The van der Waals surface area contributed by atoms with E-state index in [0.717, 1.165) is 16.7 Å². The van der Waals surface area contributed by atoms with Crippen molar-refractivity contribution < 1.29 is 18.3 Å². The van der Waals surface area contributed by atoms with Crippen LogP contribution in [0.25, 0.3) is 0 Å². The molecule has 17 heavy (non-hydrogen) atoms. The molecule has 0 saturated heterocycles. The van der Waals surface area contributed by atoms with Crippen LogP contribution in [0.1, 0.15) is 5.69 Å². The van der Waals surface area contributed by atoms with Gasteiger partial charge in [-0.1, -0.05) is 0 Å². The number of nitrogens with one attached hydrogen (secondary N) is 1. The number of phenolic OH excluding ortho intramolecular Hbond substituents is 1. The van der Waals surface area contributed by atoms with Crippen LogP contribution >= 0.6 is 11.3 Å². The van der Waals surface area contributed by atoms with Crippen molar-refractivity contribution >= 4 is 22.2 Å². The molecule has 0 fully saturated rings. The molecule has 7 heteroatoms. The fraction of sp³-hybridized carbons (Fsp3) is 0.100. The molecule has 2 N–H and O–H groups in total. The normalized spacial score (nSPS) is 11.5. The highest BCUT2D eigenvalue weighted by Gasteiger charge is 2.33. The van der Waals surface area contributed by atoms with E-state index in [9.17, 15) is 13.2 Å². The number of hydrogen-bond donors (Lipinski definition) is 2. The van der Waals surface area contributed by atoms with Gasteiger partial charge in [-0.25, -0.2) is 4.98 Å². The van der Waals surface area contributed by atoms with E-state index in [2.05, 4.69) is 10.3 Å². The van der Waals surface area contributed by atoms with E-state index in [1.54, 1.807) is 12.1 Å². The summed E-state index contributed by atoms with van der Waals surface area (Å²) < 4.78 is 36.8. The number of aromatic hydroxyl groups is 1. The van der Waals surface area contributed by atoms with E-state index in [0.29, 0.717) is 5.69 Å². The van der Waals surface area contributed by atoms with Crippen molar-refractivity contribution in [3.05, 3.63) is 35.3 Å². The van der Waals surface area contributed by atoms with Gasteiger partial charge in [0, 0.05) is 11.1 Å². The van der Waals surface area contributed by atoms with Gasteiger partial charge < -0.3 is 10.4 Å². The molecule has 3 nitrogen and oxygen atoms in total. The molecule has 0 amide bonds. The first-order chi connectivity index (χ1) is 7.95. The third-order valence-electron chi connectivity index (χ3n) is 1.91. The number of benzene rings is 1. The summed E-state index contributed by atoms with van der Waals surface area (Å²) in [7, 11) is 0. The molecule has 1 heterocycles. The second-order valence-electron chi connectivity index (χ2n) is 3.21. The first kappa shape index (κ1) is 11.7. The summed E-state index contributed by atoms with van der Waals surface area (Å²) in [5.74, 6) is 0.0886. The van der Waals surface area contributed by atoms with Crippen LogP contribution in [0, 0.1) is 0 Å². The van der Waals surface area contributed by atoms with Crippen molar-refractivity contribution in [2.45, 2.75) is 6.18 Å². The zero-order chi connectivity index (χ0) is 12.5. The molecule has 1 aromatic heterocycles. The molecule has 0 radical (unpaired) electrons. The van der Waals surface area contributed by atoms with Crippen LogP contribution in [-0.2, 0) is 6.18 Å². The number of aromatic nitrogens is 1. The average molecular weight is 260 g/mol. The van der Waals surface area contributed by atoms with Gasteiger partial charge in [-0.3, -0.25) is 0 Å². The van der Waals surface area contributed by atoms with E-state index < -0.39 is 11.9 Å². The summed E-state index contributed by atoms with van der Waals surface area (Å²) in [6.45, 7) is 0. The zero-order valence-corrected chi connectivity index (χ0v) is 9.14. The molecule has 0 bridgehead atoms. The lowest BCUT2D eigenvalue weighted by atomic mass is 10.3. The first-order valence-corrected chi connectivity index (χ1v) is 5.42. The fourth-order valence-corrected chi connectivity index (χ4v) is 1.87. The standard InChI is InChI=1S/C10H7F3N2OS/c11-10(12,13)8-5-17-9(15-8)14-6-1-3-7(16)4-2-6/h1-5,16H,(H,14,15). The highest BCUT2D eigenvalue weighted by Crippen LogP contribution is 2.32. The molecular weight excluding hydrogens is 253 g/mol. The number of halogens is 3. The summed E-state index contributed by atoms with van der Waals surface area (Å²) in [4.78, 5) is 3.42. The molecule has 90 valence electrons. The van der Waals surface area contributed by atoms with Crippen molar-refractivity contribution in [3.63, 3.8) is 0 Å². The molecule has 1 aromatic carbocycles. The Bertz CT molecular complexity index is 507. The minimum Gasteiger partial charge on any atom is -0.508 e. The number of anilines is 2. The van der Waals surface area contributed by atoms with Crippen LogP contribution in [0.15, 0.2) is 29.6 Å². The SMILES string of the molecule is Oc1ccc(Nc2nc(C(F)(F)F)cs2)cc1. The quantitative estimate of drug-likeness (QED) is 0.811. The number of hydrogen-bond acceptors (Lipinski definition) is 4. The maximum Gasteiger partial charge on any atom is 0.434 e. The predicted molar refractivity (Wildman–Crippen MR) is 58.5 cm³/mol. The molecule has 2 aromatic rings. The molecule has 0 unspecified atom stereocenters. The van der Waals surface area contributed by atoms with Crippen LogP contribution in [0.2, 0.25) is 0 Å². The van der Waals surface area contributed by atoms with Crippen LogP contribution < -0.4 is 5.32 Å². The van der Waals surface area contributed by atoms with Gasteiger partial charge >= 0.3 is 6.18 Å². The van der Waals surface area contributed by atoms with Gasteiger partial charge in [0.2, 0.25) is 0 Å². The van der Waals surface area contributed by atoms with Gasteiger partial charge in [0.1, 0.15) is 5.75 Å². The molecule has 0 atom stereocenters. The lowest BCUT2D eigenvalue weighted by Crippen LogP contribution is -2.05. The summed E-state index contributed by atoms with van der Waals surface area (Å²) in [6, 6.07) is 5.95. The maximum absolute atomic E-state index is 12.3. The fourth-order valence-electron chi connectivity index (χ4n) is 1.13. The topological polar surface area (TPSA) is 45.1 Å². The number of alkyl halides is 3. The average Bonchev–Trinajstić information content (AvgIpc) is 2.69. The van der Waals surface area contributed by atoms with Crippen LogP contribution in [-0.4, -0.2) is 10.1 Å². The molecular formula is C10H7F3N2OS. The molecule has 0 aliphatic carbocycles. The Kier molecular flexibility index (Phi) is 2.93. The van der Waals surface area contributed by atoms with Gasteiger partial charge in [0.05, 0.1) is 0 Å². The summed E-state index contributed by atoms with van der Waals surface area (Å²) >= 11 is 0.871. The Morgan fingerprint density at radius 2 is 1.82 bits per heavy atom. The van der Waals surface area contributed by atoms with E-state index in [4.69, 9.17) is 5.11 Å². The van der Waals surface area contributed by atoms with Crippen molar-refractivity contribution in [3.8, 4) is 5.75 Å². The Labute approximate surface area is 98.6 Å². The van der Waals surface area contributed by atoms with Gasteiger partial charge in [-0.2, -0.15) is 13.2 Å². The lowest BCUT2D eigenvalue weighted by Gasteiger charge is -2.03. The van der Waals surface area contributed by atoms with Crippen molar-refractivity contribution in [1.29, 1.82) is 0 Å². The number of phenols is 1. The highest BCUT2D eigenvalue weighted by molar-refractivity contribution is 7.13. The second kappa shape index (κ2) is 4.25. The Morgan fingerprint density at radius 1 is 1.18 bits per heavy atom. The monoisotopic (exact) mass is 260 g/mol. The van der Waals surface area contributed by atoms with Crippen molar-refractivity contribution in [2.75, 3.05) is 5.32 Å². The smallest absolute Gasteiger partial charge is 0.434 e. The summed E-state index contributed by atoms with van der Waals surface area (Å²) in [6.07, 6.45) is -4.43. The molecule has 0 saturated carbocycles. The van der Waals surface area contributed by atoms with E-state index in [1.165, 1.54) is 12.1 Å². The number of thiazole rings is 1. The molecule has 0 spiro atoms. The van der Waals surface area contributed by atoms with Gasteiger partial charge in [0.25, 0.3) is 0 Å². The Morgan fingerprint density at radius 3 is 2.35 bits per heavy atom. The largest absolute Gasteiger partial charge is 0.508 e. The van der Waals surface area contributed by atoms with Gasteiger partial charge in [-0.15, -0.1) is 11.3 Å². The molecule has 0 aliphatic heterocycles. The number of nitrogens with zero attached hydrogens (tertiary/aromatic N) is 1. The second-order valence-corrected chi connectivity index (χ2v) is 4.07.